The van der Waals surface area contributed by atoms with Gasteiger partial charge in [-0.2, -0.15) is 0 Å². The second-order valence-corrected chi connectivity index (χ2v) is 11.5. The average Bonchev–Trinajstić information content (AvgIpc) is 3.30. The van der Waals surface area contributed by atoms with Crippen LogP contribution in [0.1, 0.15) is 38.5 Å². The Hall–Kier alpha value is -3.92. The highest BCUT2D eigenvalue weighted by molar-refractivity contribution is 6.33. The first-order valence-electron chi connectivity index (χ1n) is 14.2. The Labute approximate surface area is 249 Å². The molecule has 9 nitrogen and oxygen atoms in total. The second-order valence-electron chi connectivity index (χ2n) is 11.1. The zero-order valence-corrected chi connectivity index (χ0v) is 24.5. The third-order valence-electron chi connectivity index (χ3n) is 8.22. The molecule has 0 saturated carbocycles. The predicted octanol–water partition coefficient (Wildman–Crippen LogP) is 5.21. The fraction of sp³-hybridized carbons (Fsp3) is 0.344. The molecule has 1 atom stereocenters. The molecule has 2 aliphatic rings. The van der Waals surface area contributed by atoms with Crippen LogP contribution in [0, 0.1) is 6.92 Å². The Bertz CT molecular complexity index is 1640. The summed E-state index contributed by atoms with van der Waals surface area (Å²) < 4.78 is 7.79. The maximum atomic E-state index is 13.5. The van der Waals surface area contributed by atoms with Gasteiger partial charge >= 0.3 is 5.97 Å². The first-order chi connectivity index (χ1) is 20.3. The number of nitrogens with zero attached hydrogens (tertiary/aromatic N) is 5. The van der Waals surface area contributed by atoms with Crippen molar-refractivity contribution >= 4 is 45.9 Å². The average molecular weight is 588 g/mol. The fourth-order valence-corrected chi connectivity index (χ4v) is 5.99. The number of halogens is 1. The van der Waals surface area contributed by atoms with Gasteiger partial charge < -0.3 is 24.2 Å². The number of aromatic carboxylic acids is 1. The number of rotatable bonds is 8. The van der Waals surface area contributed by atoms with Crippen LogP contribution in [0.15, 0.2) is 60.7 Å². The van der Waals surface area contributed by atoms with E-state index in [1.165, 1.54) is 0 Å². The van der Waals surface area contributed by atoms with E-state index in [9.17, 15) is 14.7 Å². The molecule has 0 aliphatic carbocycles. The molecule has 1 aromatic heterocycles. The molecule has 0 spiro atoms. The number of carboxylic acids is 1. The minimum atomic E-state index is -0.956. The number of carbonyl (C=O) groups excluding carboxylic acids is 1. The third kappa shape index (κ3) is 5.72. The number of aryl methyl sites for hydroxylation is 1. The molecule has 10 heteroatoms. The molecule has 2 fully saturated rings. The number of piperazine rings is 1. The minimum absolute atomic E-state index is 0.00970. The maximum Gasteiger partial charge on any atom is 0.335 e. The monoisotopic (exact) mass is 587 g/mol. The highest BCUT2D eigenvalue weighted by Gasteiger charge is 2.26. The summed E-state index contributed by atoms with van der Waals surface area (Å²) in [6.07, 6.45) is 1.09. The van der Waals surface area contributed by atoms with Crippen LogP contribution in [0.3, 0.4) is 0 Å². The standard InChI is InChI=1S/C32H34ClN5O4/c1-21-6-9-28(26(33)16-21)35(2)24-5-3-4-22(17-24)31(39)37-13-11-36(12-14-37)20-30-34-27-8-7-23(32(40)41)18-29(27)38(30)19-25-10-15-42-25/h3-9,16-18,25H,10-15,19-20H2,1-2H3,(H,40,41)/t25-/m0/s1. The third-order valence-corrected chi connectivity index (χ3v) is 8.53. The van der Waals surface area contributed by atoms with E-state index >= 15 is 0 Å². The van der Waals surface area contributed by atoms with Gasteiger partial charge in [0, 0.05) is 51.1 Å². The molecule has 3 aromatic carbocycles. The first kappa shape index (κ1) is 28.2. The van der Waals surface area contributed by atoms with Gasteiger partial charge in [0.15, 0.2) is 0 Å². The molecule has 1 N–H and O–H groups in total. The number of aromatic nitrogens is 2. The zero-order valence-electron chi connectivity index (χ0n) is 23.8. The van der Waals surface area contributed by atoms with E-state index in [0.29, 0.717) is 49.9 Å². The van der Waals surface area contributed by atoms with Crippen molar-refractivity contribution in [2.45, 2.75) is 32.5 Å². The van der Waals surface area contributed by atoms with Crippen LogP contribution in [0.2, 0.25) is 5.02 Å². The Morgan fingerprint density at radius 1 is 1.05 bits per heavy atom. The number of carboxylic acid groups (broad SMARTS) is 1. The normalized spacial score (nSPS) is 17.3. The van der Waals surface area contributed by atoms with Crippen molar-refractivity contribution in [3.8, 4) is 0 Å². The Balaban J connectivity index is 1.13. The van der Waals surface area contributed by atoms with Crippen molar-refractivity contribution in [3.05, 3.63) is 88.2 Å². The van der Waals surface area contributed by atoms with Crippen molar-refractivity contribution in [2.24, 2.45) is 0 Å². The van der Waals surface area contributed by atoms with Crippen molar-refractivity contribution in [3.63, 3.8) is 0 Å². The Morgan fingerprint density at radius 2 is 1.83 bits per heavy atom. The highest BCUT2D eigenvalue weighted by atomic mass is 35.5. The number of fused-ring (bicyclic) bond motifs is 1. The van der Waals surface area contributed by atoms with Crippen LogP contribution in [0.5, 0.6) is 0 Å². The second kappa shape index (κ2) is 11.8. The Morgan fingerprint density at radius 3 is 2.52 bits per heavy atom. The quantitative estimate of drug-likeness (QED) is 0.302. The highest BCUT2D eigenvalue weighted by Crippen LogP contribution is 2.32. The van der Waals surface area contributed by atoms with Crippen molar-refractivity contribution in [2.75, 3.05) is 44.7 Å². The largest absolute Gasteiger partial charge is 0.478 e. The molecule has 0 unspecified atom stereocenters. The van der Waals surface area contributed by atoms with Gasteiger partial charge in [-0.15, -0.1) is 0 Å². The van der Waals surface area contributed by atoms with E-state index in [1.54, 1.807) is 18.2 Å². The SMILES string of the molecule is Cc1ccc(N(C)c2cccc(C(=O)N3CCN(Cc4nc5ccc(C(=O)O)cc5n4C[C@@H]4CCO4)CC3)c2)c(Cl)c1. The zero-order chi connectivity index (χ0) is 29.4. The van der Waals surface area contributed by atoms with Gasteiger partial charge in [-0.05, 0) is 67.4 Å². The van der Waals surface area contributed by atoms with E-state index in [0.717, 1.165) is 46.8 Å². The summed E-state index contributed by atoms with van der Waals surface area (Å²) in [5.74, 6) is -0.0631. The van der Waals surface area contributed by atoms with Crippen LogP contribution < -0.4 is 4.90 Å². The number of imidazole rings is 1. The summed E-state index contributed by atoms with van der Waals surface area (Å²) in [5, 5.41) is 10.2. The molecular formula is C32H34ClN5O4. The maximum absolute atomic E-state index is 13.5. The summed E-state index contributed by atoms with van der Waals surface area (Å²) in [7, 11) is 1.95. The van der Waals surface area contributed by atoms with Gasteiger partial charge in [-0.3, -0.25) is 9.69 Å². The minimum Gasteiger partial charge on any atom is -0.478 e. The molecule has 3 heterocycles. The molecule has 2 aliphatic heterocycles. The van der Waals surface area contributed by atoms with Gasteiger partial charge in [0.1, 0.15) is 5.82 Å². The molecule has 0 bridgehead atoms. The number of ether oxygens (including phenoxy) is 1. The lowest BCUT2D eigenvalue weighted by Gasteiger charge is -2.35. The summed E-state index contributed by atoms with van der Waals surface area (Å²) >= 11 is 6.50. The predicted molar refractivity (Wildman–Crippen MR) is 163 cm³/mol. The van der Waals surface area contributed by atoms with Crippen molar-refractivity contribution in [1.82, 2.24) is 19.4 Å². The van der Waals surface area contributed by atoms with Gasteiger partial charge in [0.25, 0.3) is 5.91 Å². The van der Waals surface area contributed by atoms with E-state index < -0.39 is 5.97 Å². The lowest BCUT2D eigenvalue weighted by atomic mass is 10.1. The van der Waals surface area contributed by atoms with Gasteiger partial charge in [-0.25, -0.2) is 9.78 Å². The lowest BCUT2D eigenvalue weighted by Crippen LogP contribution is -2.48. The molecule has 4 aromatic rings. The van der Waals surface area contributed by atoms with Gasteiger partial charge in [-0.1, -0.05) is 23.7 Å². The Kier molecular flexibility index (Phi) is 7.90. The topological polar surface area (TPSA) is 91.1 Å². The van der Waals surface area contributed by atoms with Gasteiger partial charge in [0.2, 0.25) is 0 Å². The van der Waals surface area contributed by atoms with Gasteiger partial charge in [0.05, 0.1) is 46.5 Å². The molecule has 42 heavy (non-hydrogen) atoms. The van der Waals surface area contributed by atoms with E-state index in [2.05, 4.69) is 9.47 Å². The van der Waals surface area contributed by atoms with E-state index in [-0.39, 0.29) is 17.6 Å². The molecule has 1 amide bonds. The number of amides is 1. The fourth-order valence-electron chi connectivity index (χ4n) is 5.62. The molecular weight excluding hydrogens is 554 g/mol. The molecule has 2 saturated heterocycles. The smallest absolute Gasteiger partial charge is 0.335 e. The lowest BCUT2D eigenvalue weighted by molar-refractivity contribution is -0.0592. The van der Waals surface area contributed by atoms with E-state index in [1.807, 2.05) is 66.2 Å². The van der Waals surface area contributed by atoms with Crippen LogP contribution >= 0.6 is 11.6 Å². The summed E-state index contributed by atoms with van der Waals surface area (Å²) in [4.78, 5) is 36.1. The number of hydrogen-bond acceptors (Lipinski definition) is 6. The molecule has 6 rings (SSSR count). The summed E-state index contributed by atoms with van der Waals surface area (Å²) in [6, 6.07) is 18.7. The molecule has 0 radical (unpaired) electrons. The number of benzene rings is 3. The number of carbonyl (C=O) groups is 2. The number of anilines is 2. The number of hydrogen-bond donors (Lipinski definition) is 1. The van der Waals surface area contributed by atoms with Crippen LogP contribution in [-0.2, 0) is 17.8 Å². The van der Waals surface area contributed by atoms with Crippen LogP contribution in [-0.4, -0.2) is 82.3 Å². The first-order valence-corrected chi connectivity index (χ1v) is 14.6. The van der Waals surface area contributed by atoms with Crippen LogP contribution in [0.4, 0.5) is 11.4 Å². The summed E-state index contributed by atoms with van der Waals surface area (Å²) in [6.45, 7) is 6.67. The van der Waals surface area contributed by atoms with E-state index in [4.69, 9.17) is 21.3 Å². The molecule has 218 valence electrons. The van der Waals surface area contributed by atoms with Crippen molar-refractivity contribution < 1.29 is 19.4 Å². The van der Waals surface area contributed by atoms with Crippen LogP contribution in [0.25, 0.3) is 11.0 Å². The summed E-state index contributed by atoms with van der Waals surface area (Å²) in [5.41, 5.74) is 5.35. The van der Waals surface area contributed by atoms with Crippen molar-refractivity contribution in [1.29, 1.82) is 0 Å².